The number of ketones is 1. The van der Waals surface area contributed by atoms with Crippen molar-refractivity contribution in [3.05, 3.63) is 35.5 Å². The van der Waals surface area contributed by atoms with Crippen molar-refractivity contribution in [3.8, 4) is 0 Å². The van der Waals surface area contributed by atoms with Gasteiger partial charge in [0.25, 0.3) is 0 Å². The number of carboxylic acid groups (broad SMARTS) is 1. The Morgan fingerprint density at radius 3 is 2.42 bits per heavy atom. The first-order valence-corrected chi connectivity index (χ1v) is 6.27. The number of hydrogen-bond acceptors (Lipinski definition) is 2. The molecule has 0 bridgehead atoms. The zero-order chi connectivity index (χ0) is 14.2. The summed E-state index contributed by atoms with van der Waals surface area (Å²) in [4.78, 5) is 26.9. The minimum absolute atomic E-state index is 0.238. The first-order valence-electron chi connectivity index (χ1n) is 6.27. The molecule has 4 heteroatoms. The molecule has 0 aliphatic carbocycles. The van der Waals surface area contributed by atoms with Gasteiger partial charge in [-0.1, -0.05) is 32.0 Å². The normalized spacial score (nSPS) is 12.8. The highest BCUT2D eigenvalue weighted by molar-refractivity contribution is 6.15. The number of carbonyl (C=O) groups is 2. The average Bonchev–Trinajstić information content (AvgIpc) is 2.63. The third kappa shape index (κ3) is 2.26. The van der Waals surface area contributed by atoms with Gasteiger partial charge >= 0.3 is 5.97 Å². The summed E-state index contributed by atoms with van der Waals surface area (Å²) in [6.07, 6.45) is 0. The number of carboxylic acids is 1. The van der Waals surface area contributed by atoms with E-state index in [1.54, 1.807) is 20.8 Å². The van der Waals surface area contributed by atoms with E-state index in [2.05, 4.69) is 4.98 Å². The number of aromatic nitrogens is 1. The third-order valence-corrected chi connectivity index (χ3v) is 3.36. The third-order valence-electron chi connectivity index (χ3n) is 3.36. The van der Waals surface area contributed by atoms with Crippen LogP contribution in [0.4, 0.5) is 0 Å². The molecule has 0 amide bonds. The predicted octanol–water partition coefficient (Wildman–Crippen LogP) is 3.02. The van der Waals surface area contributed by atoms with E-state index >= 15 is 0 Å². The molecule has 1 atom stereocenters. The number of aliphatic carboxylic acids is 1. The number of H-pyrrole nitrogens is 1. The van der Waals surface area contributed by atoms with Crippen LogP contribution >= 0.6 is 0 Å². The van der Waals surface area contributed by atoms with Gasteiger partial charge in [0.05, 0.1) is 0 Å². The fourth-order valence-electron chi connectivity index (χ4n) is 2.45. The van der Waals surface area contributed by atoms with Crippen LogP contribution in [-0.2, 0) is 4.79 Å². The van der Waals surface area contributed by atoms with E-state index in [0.717, 1.165) is 16.6 Å². The number of para-hydroxylation sites is 1. The minimum atomic E-state index is -1.07. The molecule has 1 aromatic heterocycles. The van der Waals surface area contributed by atoms with Gasteiger partial charge in [0.2, 0.25) is 0 Å². The van der Waals surface area contributed by atoms with Crippen molar-refractivity contribution < 1.29 is 14.7 Å². The largest absolute Gasteiger partial charge is 0.481 e. The van der Waals surface area contributed by atoms with Gasteiger partial charge in [-0.2, -0.15) is 0 Å². The van der Waals surface area contributed by atoms with Crippen molar-refractivity contribution in [1.82, 2.24) is 4.98 Å². The molecule has 1 unspecified atom stereocenters. The number of aromatic amines is 1. The second kappa shape index (κ2) is 4.88. The molecule has 1 heterocycles. The molecule has 0 aliphatic heterocycles. The summed E-state index contributed by atoms with van der Waals surface area (Å²) in [5.41, 5.74) is 2.08. The Labute approximate surface area is 111 Å². The van der Waals surface area contributed by atoms with Crippen LogP contribution in [0.3, 0.4) is 0 Å². The Hall–Kier alpha value is -2.10. The summed E-state index contributed by atoms with van der Waals surface area (Å²) in [6, 6.07) is 7.44. The summed E-state index contributed by atoms with van der Waals surface area (Å²) in [5.74, 6) is -2.63. The second-order valence-electron chi connectivity index (χ2n) is 5.09. The summed E-state index contributed by atoms with van der Waals surface area (Å²) >= 11 is 0. The van der Waals surface area contributed by atoms with Gasteiger partial charge in [0.15, 0.2) is 5.78 Å². The number of nitrogens with one attached hydrogen (secondary N) is 1. The van der Waals surface area contributed by atoms with Crippen LogP contribution in [-0.4, -0.2) is 21.8 Å². The van der Waals surface area contributed by atoms with E-state index in [0.29, 0.717) is 5.56 Å². The molecule has 0 spiro atoms. The number of aryl methyl sites for hydroxylation is 1. The molecule has 100 valence electrons. The number of carbonyl (C=O) groups excluding carboxylic acids is 1. The lowest BCUT2D eigenvalue weighted by Crippen LogP contribution is -2.29. The van der Waals surface area contributed by atoms with Gasteiger partial charge in [-0.25, -0.2) is 0 Å². The van der Waals surface area contributed by atoms with E-state index in [1.807, 2.05) is 24.3 Å². The average molecular weight is 259 g/mol. The minimum Gasteiger partial charge on any atom is -0.481 e. The Bertz CT molecular complexity index is 640. The molecule has 0 fully saturated rings. The van der Waals surface area contributed by atoms with Crippen molar-refractivity contribution >= 4 is 22.7 Å². The number of Topliss-reactive ketones (excluding diaryl/α,β-unsaturated/α-hetero) is 1. The van der Waals surface area contributed by atoms with Crippen LogP contribution in [0.1, 0.15) is 29.9 Å². The van der Waals surface area contributed by atoms with E-state index in [4.69, 9.17) is 0 Å². The molecule has 0 aliphatic rings. The molecular weight excluding hydrogens is 242 g/mol. The summed E-state index contributed by atoms with van der Waals surface area (Å²) < 4.78 is 0. The van der Waals surface area contributed by atoms with Crippen molar-refractivity contribution in [2.45, 2.75) is 20.8 Å². The summed E-state index contributed by atoms with van der Waals surface area (Å²) in [7, 11) is 0. The molecule has 2 N–H and O–H groups in total. The van der Waals surface area contributed by atoms with Gasteiger partial charge in [0.1, 0.15) is 5.92 Å². The maximum Gasteiger partial charge on any atom is 0.314 e. The Morgan fingerprint density at radius 2 is 1.84 bits per heavy atom. The van der Waals surface area contributed by atoms with Crippen LogP contribution in [0.2, 0.25) is 0 Å². The van der Waals surface area contributed by atoms with Crippen LogP contribution in [0.25, 0.3) is 10.9 Å². The summed E-state index contributed by atoms with van der Waals surface area (Å²) in [6.45, 7) is 5.30. The van der Waals surface area contributed by atoms with Crippen molar-refractivity contribution in [2.24, 2.45) is 11.8 Å². The van der Waals surface area contributed by atoms with Gasteiger partial charge in [-0.3, -0.25) is 9.59 Å². The molecule has 0 saturated heterocycles. The topological polar surface area (TPSA) is 70.2 Å². The molecule has 0 radical (unpaired) electrons. The Kier molecular flexibility index (Phi) is 3.42. The Balaban J connectivity index is 2.58. The van der Waals surface area contributed by atoms with E-state index < -0.39 is 11.9 Å². The fourth-order valence-corrected chi connectivity index (χ4v) is 2.45. The van der Waals surface area contributed by atoms with Gasteiger partial charge in [0, 0.05) is 22.2 Å². The van der Waals surface area contributed by atoms with E-state index in [9.17, 15) is 14.7 Å². The van der Waals surface area contributed by atoms with Gasteiger partial charge in [-0.05, 0) is 18.9 Å². The first kappa shape index (κ1) is 13.3. The lowest BCUT2D eigenvalue weighted by Gasteiger charge is -2.15. The van der Waals surface area contributed by atoms with Crippen LogP contribution in [0.5, 0.6) is 0 Å². The number of hydrogen-bond donors (Lipinski definition) is 2. The molecule has 4 nitrogen and oxygen atoms in total. The lowest BCUT2D eigenvalue weighted by molar-refractivity contribution is -0.141. The molecule has 19 heavy (non-hydrogen) atoms. The Morgan fingerprint density at radius 1 is 1.21 bits per heavy atom. The molecule has 1 aromatic carbocycles. The SMILES string of the molecule is Cc1[nH]c2ccccc2c1C(=O)C(C(=O)O)C(C)C. The van der Waals surface area contributed by atoms with Gasteiger partial charge in [-0.15, -0.1) is 0 Å². The second-order valence-corrected chi connectivity index (χ2v) is 5.09. The molecular formula is C15H17NO3. The maximum absolute atomic E-state index is 12.5. The molecule has 2 rings (SSSR count). The zero-order valence-corrected chi connectivity index (χ0v) is 11.2. The fraction of sp³-hybridized carbons (Fsp3) is 0.333. The highest BCUT2D eigenvalue weighted by Crippen LogP contribution is 2.27. The van der Waals surface area contributed by atoms with Crippen LogP contribution in [0, 0.1) is 18.8 Å². The van der Waals surface area contributed by atoms with E-state index in [-0.39, 0.29) is 11.7 Å². The zero-order valence-electron chi connectivity index (χ0n) is 11.2. The predicted molar refractivity (Wildman–Crippen MR) is 73.3 cm³/mol. The standard InChI is InChI=1S/C15H17NO3/c1-8(2)12(15(18)19)14(17)13-9(3)16-11-7-5-4-6-10(11)13/h4-8,12,16H,1-3H3,(H,18,19). The van der Waals surface area contributed by atoms with Gasteiger partial charge < -0.3 is 10.1 Å². The van der Waals surface area contributed by atoms with Crippen LogP contribution in [0.15, 0.2) is 24.3 Å². The van der Waals surface area contributed by atoms with Crippen molar-refractivity contribution in [3.63, 3.8) is 0 Å². The number of benzene rings is 1. The number of fused-ring (bicyclic) bond motifs is 1. The smallest absolute Gasteiger partial charge is 0.314 e. The van der Waals surface area contributed by atoms with E-state index in [1.165, 1.54) is 0 Å². The monoisotopic (exact) mass is 259 g/mol. The van der Waals surface area contributed by atoms with Crippen molar-refractivity contribution in [2.75, 3.05) is 0 Å². The molecule has 2 aromatic rings. The molecule has 0 saturated carbocycles. The first-order chi connectivity index (χ1) is 8.93. The highest BCUT2D eigenvalue weighted by atomic mass is 16.4. The van der Waals surface area contributed by atoms with Crippen LogP contribution < -0.4 is 0 Å². The van der Waals surface area contributed by atoms with Crippen molar-refractivity contribution in [1.29, 1.82) is 0 Å². The summed E-state index contributed by atoms with van der Waals surface area (Å²) in [5, 5.41) is 10.0. The highest BCUT2D eigenvalue weighted by Gasteiger charge is 2.32. The number of rotatable bonds is 4. The lowest BCUT2D eigenvalue weighted by atomic mass is 9.87. The maximum atomic E-state index is 12.5. The quantitative estimate of drug-likeness (QED) is 0.655.